The SMILES string of the molecule is O=Cc1ccc(OCCS(=O)(=O)c2ccc3ccccc3n2)cc1. The summed E-state index contributed by atoms with van der Waals surface area (Å²) in [6.45, 7) is 0.0112. The Hall–Kier alpha value is -2.73. The summed E-state index contributed by atoms with van der Waals surface area (Å²) < 4.78 is 30.2. The molecule has 0 aliphatic carbocycles. The van der Waals surface area contributed by atoms with Gasteiger partial charge >= 0.3 is 0 Å². The van der Waals surface area contributed by atoms with Gasteiger partial charge in [-0.1, -0.05) is 18.2 Å². The normalized spacial score (nSPS) is 11.3. The second-order valence-corrected chi connectivity index (χ2v) is 7.25. The van der Waals surface area contributed by atoms with Crippen molar-refractivity contribution in [3.05, 3.63) is 66.2 Å². The minimum atomic E-state index is -3.53. The van der Waals surface area contributed by atoms with Crippen LogP contribution in [0.3, 0.4) is 0 Å². The van der Waals surface area contributed by atoms with E-state index in [2.05, 4.69) is 4.98 Å². The number of rotatable bonds is 6. The molecule has 0 atom stereocenters. The summed E-state index contributed by atoms with van der Waals surface area (Å²) >= 11 is 0. The average Bonchev–Trinajstić information content (AvgIpc) is 2.62. The number of sulfone groups is 1. The lowest BCUT2D eigenvalue weighted by atomic mass is 10.2. The third-order valence-corrected chi connectivity index (χ3v) is 5.10. The number of carbonyl (C=O) groups excluding carboxylic acids is 1. The maximum Gasteiger partial charge on any atom is 0.198 e. The molecule has 0 aliphatic rings. The first-order valence-electron chi connectivity index (χ1n) is 7.35. The van der Waals surface area contributed by atoms with Crippen LogP contribution in [0.25, 0.3) is 10.9 Å². The second-order valence-electron chi connectivity index (χ2n) is 5.20. The molecule has 2 aromatic carbocycles. The molecular formula is C18H15NO4S. The molecule has 1 aromatic heterocycles. The number of nitrogens with zero attached hydrogens (tertiary/aromatic N) is 1. The summed E-state index contributed by atoms with van der Waals surface area (Å²) in [4.78, 5) is 14.8. The monoisotopic (exact) mass is 341 g/mol. The van der Waals surface area contributed by atoms with Crippen LogP contribution in [-0.4, -0.2) is 32.0 Å². The zero-order chi connectivity index (χ0) is 17.0. The number of hydrogen-bond acceptors (Lipinski definition) is 5. The minimum Gasteiger partial charge on any atom is -0.493 e. The van der Waals surface area contributed by atoms with Gasteiger partial charge in [0.2, 0.25) is 0 Å². The van der Waals surface area contributed by atoms with E-state index in [1.807, 2.05) is 18.2 Å². The average molecular weight is 341 g/mol. The third-order valence-electron chi connectivity index (χ3n) is 3.53. The van der Waals surface area contributed by atoms with E-state index < -0.39 is 9.84 Å². The molecule has 0 saturated heterocycles. The van der Waals surface area contributed by atoms with Gasteiger partial charge in [0.05, 0.1) is 11.3 Å². The Bertz CT molecular complexity index is 966. The maximum atomic E-state index is 12.4. The number of para-hydroxylation sites is 1. The van der Waals surface area contributed by atoms with Gasteiger partial charge in [-0.2, -0.15) is 0 Å². The van der Waals surface area contributed by atoms with Gasteiger partial charge in [-0.25, -0.2) is 13.4 Å². The smallest absolute Gasteiger partial charge is 0.198 e. The van der Waals surface area contributed by atoms with E-state index >= 15 is 0 Å². The van der Waals surface area contributed by atoms with Crippen molar-refractivity contribution in [2.24, 2.45) is 0 Å². The van der Waals surface area contributed by atoms with Crippen LogP contribution in [0.1, 0.15) is 10.4 Å². The van der Waals surface area contributed by atoms with Gasteiger partial charge in [-0.05, 0) is 42.5 Å². The molecule has 0 bridgehead atoms. The van der Waals surface area contributed by atoms with Crippen molar-refractivity contribution < 1.29 is 17.9 Å². The number of benzene rings is 2. The number of aromatic nitrogens is 1. The molecule has 24 heavy (non-hydrogen) atoms. The molecule has 0 amide bonds. The molecule has 122 valence electrons. The van der Waals surface area contributed by atoms with Crippen LogP contribution in [0.5, 0.6) is 5.75 Å². The van der Waals surface area contributed by atoms with Gasteiger partial charge in [0.15, 0.2) is 14.9 Å². The quantitative estimate of drug-likeness (QED) is 0.645. The minimum absolute atomic E-state index is 0.0112. The van der Waals surface area contributed by atoms with Gasteiger partial charge < -0.3 is 4.74 Å². The van der Waals surface area contributed by atoms with E-state index in [1.165, 1.54) is 6.07 Å². The standard InChI is InChI=1S/C18H15NO4S/c20-13-14-5-8-16(9-6-14)23-11-12-24(21,22)18-10-7-15-3-1-2-4-17(15)19-18/h1-10,13H,11-12H2. The van der Waals surface area contributed by atoms with E-state index in [0.29, 0.717) is 16.8 Å². The zero-order valence-electron chi connectivity index (χ0n) is 12.8. The summed E-state index contributed by atoms with van der Waals surface area (Å²) in [6, 6.07) is 17.1. The highest BCUT2D eigenvalue weighted by atomic mass is 32.2. The lowest BCUT2D eigenvalue weighted by molar-refractivity contribution is 0.112. The Balaban J connectivity index is 1.69. The van der Waals surface area contributed by atoms with Crippen LogP contribution in [0.4, 0.5) is 0 Å². The first-order valence-corrected chi connectivity index (χ1v) is 9.00. The predicted octanol–water partition coefficient (Wildman–Crippen LogP) is 2.90. The summed E-state index contributed by atoms with van der Waals surface area (Å²) in [5, 5.41) is 0.934. The molecule has 0 N–H and O–H groups in total. The summed E-state index contributed by atoms with van der Waals surface area (Å²) in [6.07, 6.45) is 0.736. The molecule has 0 unspecified atom stereocenters. The zero-order valence-corrected chi connectivity index (χ0v) is 13.6. The van der Waals surface area contributed by atoms with Crippen LogP contribution >= 0.6 is 0 Å². The van der Waals surface area contributed by atoms with Gasteiger partial charge in [-0.15, -0.1) is 0 Å². The molecule has 3 rings (SSSR count). The van der Waals surface area contributed by atoms with E-state index in [1.54, 1.807) is 36.4 Å². The lowest BCUT2D eigenvalue weighted by Crippen LogP contribution is -2.15. The molecule has 1 heterocycles. The molecule has 0 radical (unpaired) electrons. The van der Waals surface area contributed by atoms with Crippen LogP contribution in [0, 0.1) is 0 Å². The molecular weight excluding hydrogens is 326 g/mol. The molecule has 0 fully saturated rings. The summed E-state index contributed by atoms with van der Waals surface area (Å²) in [5.41, 5.74) is 1.18. The van der Waals surface area contributed by atoms with Crippen molar-refractivity contribution in [1.29, 1.82) is 0 Å². The van der Waals surface area contributed by atoms with Crippen LogP contribution in [0.2, 0.25) is 0 Å². The Morgan fingerprint density at radius 3 is 2.46 bits per heavy atom. The van der Waals surface area contributed by atoms with E-state index in [9.17, 15) is 13.2 Å². The highest BCUT2D eigenvalue weighted by Crippen LogP contribution is 2.16. The molecule has 0 aliphatic heterocycles. The topological polar surface area (TPSA) is 73.3 Å². The number of aldehydes is 1. The van der Waals surface area contributed by atoms with Gasteiger partial charge in [-0.3, -0.25) is 4.79 Å². The highest BCUT2D eigenvalue weighted by molar-refractivity contribution is 7.91. The van der Waals surface area contributed by atoms with Crippen LogP contribution in [0.15, 0.2) is 65.7 Å². The number of carbonyl (C=O) groups is 1. The highest BCUT2D eigenvalue weighted by Gasteiger charge is 2.16. The van der Waals surface area contributed by atoms with Crippen LogP contribution < -0.4 is 4.74 Å². The van der Waals surface area contributed by atoms with Crippen molar-refractivity contribution in [2.45, 2.75) is 5.03 Å². The summed E-state index contributed by atoms with van der Waals surface area (Å²) in [7, 11) is -3.53. The largest absolute Gasteiger partial charge is 0.493 e. The first-order chi connectivity index (χ1) is 11.6. The van der Waals surface area contributed by atoms with E-state index in [0.717, 1.165) is 11.7 Å². The molecule has 5 nitrogen and oxygen atoms in total. The fraction of sp³-hybridized carbons (Fsp3) is 0.111. The molecule has 6 heteroatoms. The van der Waals surface area contributed by atoms with E-state index in [4.69, 9.17) is 4.74 Å². The number of pyridine rings is 1. The maximum absolute atomic E-state index is 12.4. The molecule has 0 spiro atoms. The number of fused-ring (bicyclic) bond motifs is 1. The Labute approximate surface area is 139 Å². The lowest BCUT2D eigenvalue weighted by Gasteiger charge is -2.07. The van der Waals surface area contributed by atoms with Crippen molar-refractivity contribution in [3.63, 3.8) is 0 Å². The van der Waals surface area contributed by atoms with Gasteiger partial charge in [0, 0.05) is 10.9 Å². The molecule has 3 aromatic rings. The second kappa shape index (κ2) is 6.80. The van der Waals surface area contributed by atoms with Crippen molar-refractivity contribution >= 4 is 27.0 Å². The fourth-order valence-corrected chi connectivity index (χ4v) is 3.26. The Morgan fingerprint density at radius 2 is 1.71 bits per heavy atom. The first kappa shape index (κ1) is 16.1. The molecule has 0 saturated carbocycles. The number of hydrogen-bond donors (Lipinski definition) is 0. The van der Waals surface area contributed by atoms with Crippen molar-refractivity contribution in [3.8, 4) is 5.75 Å². The Morgan fingerprint density at radius 1 is 0.958 bits per heavy atom. The summed E-state index contributed by atoms with van der Waals surface area (Å²) in [5.74, 6) is 0.343. The van der Waals surface area contributed by atoms with Crippen molar-refractivity contribution in [1.82, 2.24) is 4.98 Å². The fourth-order valence-electron chi connectivity index (χ4n) is 2.24. The third kappa shape index (κ3) is 3.60. The van der Waals surface area contributed by atoms with Crippen LogP contribution in [-0.2, 0) is 9.84 Å². The van der Waals surface area contributed by atoms with Gasteiger partial charge in [0.1, 0.15) is 18.6 Å². The number of ether oxygens (including phenoxy) is 1. The Kier molecular flexibility index (Phi) is 4.57. The predicted molar refractivity (Wildman–Crippen MR) is 91.1 cm³/mol. The van der Waals surface area contributed by atoms with E-state index in [-0.39, 0.29) is 17.4 Å². The van der Waals surface area contributed by atoms with Crippen molar-refractivity contribution in [2.75, 3.05) is 12.4 Å². The van der Waals surface area contributed by atoms with Gasteiger partial charge in [0.25, 0.3) is 0 Å².